The third-order valence-electron chi connectivity index (χ3n) is 11.1. The maximum Gasteiger partial charge on any atom is 1.00 e. The van der Waals surface area contributed by atoms with E-state index in [1.807, 2.05) is 89.3 Å². The van der Waals surface area contributed by atoms with Crippen LogP contribution in [0.4, 0.5) is 17.2 Å². The van der Waals surface area contributed by atoms with E-state index in [4.69, 9.17) is 10.5 Å². The second kappa shape index (κ2) is 19.2. The van der Waals surface area contributed by atoms with Crippen LogP contribution in [-0.4, -0.2) is 65.2 Å². The summed E-state index contributed by atoms with van der Waals surface area (Å²) in [5.41, 5.74) is 11.1. The molecule has 4 aromatic rings. The number of nitrogens with zero attached hydrogens (tertiary/aromatic N) is 4. The van der Waals surface area contributed by atoms with Gasteiger partial charge in [-0.25, -0.2) is 21.8 Å². The molecule has 0 fully saturated rings. The predicted molar refractivity (Wildman–Crippen MR) is 227 cm³/mol. The molecular formula is C44H49N6NaO8S2. The van der Waals surface area contributed by atoms with E-state index < -0.39 is 31.1 Å². The molecule has 0 aliphatic carbocycles. The molecule has 3 aromatic carbocycles. The monoisotopic (exact) mass is 876 g/mol. The fourth-order valence-corrected chi connectivity index (χ4v) is 9.01. The molecule has 0 saturated heterocycles. The Balaban J connectivity index is 0.00000704. The molecule has 2 aliphatic rings. The normalized spacial score (nSPS) is 17.8. The van der Waals surface area contributed by atoms with Crippen molar-refractivity contribution in [3.05, 3.63) is 131 Å². The van der Waals surface area contributed by atoms with Crippen molar-refractivity contribution >= 4 is 49.0 Å². The summed E-state index contributed by atoms with van der Waals surface area (Å²) in [6.07, 6.45) is 12.3. The fourth-order valence-electron chi connectivity index (χ4n) is 8.02. The van der Waals surface area contributed by atoms with Crippen molar-refractivity contribution in [2.75, 3.05) is 23.7 Å². The molecule has 1 aromatic heterocycles. The Morgan fingerprint density at radius 2 is 1.56 bits per heavy atom. The standard InChI is InChI=1S/C44H50N6O8S2.Na/c1-6-49-36-21-19-32(59(52,53)54)26-34(36)43(3,4)38(49)12-9-8-10-13-39-44(5,35-27-33(60(55,56)57)20-22-37(35)50(39)7-2)24-11-14-41(51)47-28-30-15-17-31(18-16-30)29-58-42-46-25-23-40(45)48-42;/h8-10,12-13,15-23,25-27H,6-7,11,14,24,28-29H2,1-5H3,(H4-,45,46,47,48,51,52,53,54,55,56,57);/q;+1/p-1. The molecule has 0 radical (unpaired) electrons. The van der Waals surface area contributed by atoms with Crippen LogP contribution in [0.15, 0.2) is 119 Å². The summed E-state index contributed by atoms with van der Waals surface area (Å²) < 4.78 is 79.6. The van der Waals surface area contributed by atoms with E-state index in [9.17, 15) is 30.7 Å². The third kappa shape index (κ3) is 10.5. The Bertz CT molecular complexity index is 2650. The van der Waals surface area contributed by atoms with E-state index in [-0.39, 0.29) is 64.3 Å². The van der Waals surface area contributed by atoms with Gasteiger partial charge in [0.2, 0.25) is 11.6 Å². The first-order valence-corrected chi connectivity index (χ1v) is 22.4. The quantitative estimate of drug-likeness (QED) is 0.0720. The van der Waals surface area contributed by atoms with Crippen LogP contribution in [0.2, 0.25) is 0 Å². The summed E-state index contributed by atoms with van der Waals surface area (Å²) in [5.74, 6) is 0.181. The Morgan fingerprint density at radius 3 is 2.20 bits per heavy atom. The van der Waals surface area contributed by atoms with Gasteiger partial charge in [0.1, 0.15) is 39.2 Å². The maximum atomic E-state index is 13.1. The zero-order valence-corrected chi connectivity index (χ0v) is 38.8. The molecular weight excluding hydrogens is 828 g/mol. The molecule has 61 heavy (non-hydrogen) atoms. The van der Waals surface area contributed by atoms with Gasteiger partial charge in [0.05, 0.1) is 15.2 Å². The van der Waals surface area contributed by atoms with Gasteiger partial charge in [-0.15, -0.1) is 0 Å². The van der Waals surface area contributed by atoms with Gasteiger partial charge in [-0.05, 0) is 107 Å². The molecule has 1 unspecified atom stereocenters. The van der Waals surface area contributed by atoms with Crippen LogP contribution in [0.25, 0.3) is 0 Å². The number of aromatic nitrogens is 2. The molecule has 6 rings (SSSR count). The number of anilines is 2. The molecule has 17 heteroatoms. The summed E-state index contributed by atoms with van der Waals surface area (Å²) in [6, 6.07) is 18.3. The Labute approximate surface area is 380 Å². The average Bonchev–Trinajstić information content (AvgIpc) is 3.57. The van der Waals surface area contributed by atoms with E-state index >= 15 is 0 Å². The maximum absolute atomic E-state index is 13.1. The summed E-state index contributed by atoms with van der Waals surface area (Å²) in [7, 11) is -9.35. The van der Waals surface area contributed by atoms with E-state index in [2.05, 4.69) is 24.8 Å². The first-order valence-electron chi connectivity index (χ1n) is 19.6. The number of rotatable bonds is 16. The minimum Gasteiger partial charge on any atom is -0.744 e. The molecule has 1 amide bonds. The zero-order valence-electron chi connectivity index (χ0n) is 35.2. The van der Waals surface area contributed by atoms with Crippen LogP contribution >= 0.6 is 0 Å². The number of ether oxygens (including phenoxy) is 1. The number of nitrogen functional groups attached to an aromatic ring is 1. The minimum atomic E-state index is -4.73. The van der Waals surface area contributed by atoms with Crippen molar-refractivity contribution in [3.63, 3.8) is 0 Å². The van der Waals surface area contributed by atoms with Gasteiger partial charge in [0.15, 0.2) is 5.71 Å². The first kappa shape index (κ1) is 47.4. The number of amides is 1. The number of carbonyl (C=O) groups excluding carboxylic acids is 1. The number of carbonyl (C=O) groups is 1. The van der Waals surface area contributed by atoms with Crippen molar-refractivity contribution in [2.45, 2.75) is 87.7 Å². The molecule has 3 heterocycles. The number of hydrogen-bond donors (Lipinski definition) is 2. The van der Waals surface area contributed by atoms with Crippen molar-refractivity contribution in [1.82, 2.24) is 15.3 Å². The summed E-state index contributed by atoms with van der Waals surface area (Å²) in [5, 5.41) is 2.98. The van der Waals surface area contributed by atoms with Crippen molar-refractivity contribution in [2.24, 2.45) is 0 Å². The molecule has 1 atom stereocenters. The van der Waals surface area contributed by atoms with Crippen molar-refractivity contribution < 1.29 is 69.6 Å². The first-order chi connectivity index (χ1) is 28.4. The van der Waals surface area contributed by atoms with Crippen LogP contribution in [0.3, 0.4) is 0 Å². The zero-order chi connectivity index (χ0) is 43.5. The number of fused-ring (bicyclic) bond motifs is 2. The largest absolute Gasteiger partial charge is 1.00 e. The predicted octanol–water partition coefficient (Wildman–Crippen LogP) is 3.13. The van der Waals surface area contributed by atoms with Gasteiger partial charge < -0.3 is 29.8 Å². The van der Waals surface area contributed by atoms with Gasteiger partial charge in [0, 0.05) is 60.2 Å². The molecule has 3 N–H and O–H groups in total. The summed E-state index contributed by atoms with van der Waals surface area (Å²) >= 11 is 0. The van der Waals surface area contributed by atoms with Crippen LogP contribution in [0.1, 0.15) is 76.1 Å². The van der Waals surface area contributed by atoms with Crippen LogP contribution in [0, 0.1) is 0 Å². The minimum absolute atomic E-state index is 0. The fraction of sp³-hybridized carbons (Fsp3) is 0.318. The smallest absolute Gasteiger partial charge is 0.744 e. The average molecular weight is 877 g/mol. The Kier molecular flexibility index (Phi) is 14.9. The molecule has 0 bridgehead atoms. The number of benzene rings is 3. The van der Waals surface area contributed by atoms with Crippen molar-refractivity contribution in [3.8, 4) is 6.01 Å². The SMILES string of the molecule is CCN1\C(=C/C=C/C=C/C2=[N+](CC)c3ccc(S(=O)(=O)[O-])cc3C2(C)C)C(C)(CCCC(=O)NCc2ccc(COc3nccc(N)n3)cc2)c2cc(S(=O)(=O)[O-])ccc21.[Na+]. The number of nitrogens with one attached hydrogen (secondary N) is 1. The van der Waals surface area contributed by atoms with Crippen LogP contribution in [0.5, 0.6) is 6.01 Å². The van der Waals surface area contributed by atoms with Gasteiger partial charge in [-0.3, -0.25) is 4.79 Å². The van der Waals surface area contributed by atoms with Crippen LogP contribution in [-0.2, 0) is 49.0 Å². The van der Waals surface area contributed by atoms with Gasteiger partial charge in [-0.1, -0.05) is 42.5 Å². The Morgan fingerprint density at radius 1 is 0.902 bits per heavy atom. The second-order valence-electron chi connectivity index (χ2n) is 15.4. The Hall–Kier alpha value is -4.68. The molecule has 14 nitrogen and oxygen atoms in total. The third-order valence-corrected chi connectivity index (χ3v) is 12.8. The van der Waals surface area contributed by atoms with E-state index in [0.29, 0.717) is 43.9 Å². The number of hydrogen-bond acceptors (Lipinski definition) is 12. The van der Waals surface area contributed by atoms with Gasteiger partial charge in [0.25, 0.3) is 0 Å². The van der Waals surface area contributed by atoms with E-state index in [0.717, 1.165) is 39.5 Å². The topological polar surface area (TPSA) is 211 Å². The number of nitrogens with two attached hydrogens (primary N) is 1. The molecule has 2 aliphatic heterocycles. The van der Waals surface area contributed by atoms with Gasteiger partial charge >= 0.3 is 35.6 Å². The van der Waals surface area contributed by atoms with E-state index in [1.54, 1.807) is 18.2 Å². The number of allylic oxidation sites excluding steroid dienone is 6. The number of likely N-dealkylation sites (N-methyl/N-ethyl adjacent to an activating group) is 1. The summed E-state index contributed by atoms with van der Waals surface area (Å²) in [4.78, 5) is 22.7. The van der Waals surface area contributed by atoms with Gasteiger partial charge in [-0.2, -0.15) is 9.56 Å². The summed E-state index contributed by atoms with van der Waals surface area (Å²) in [6.45, 7) is 11.7. The molecule has 0 spiro atoms. The van der Waals surface area contributed by atoms with Crippen LogP contribution < -0.4 is 50.2 Å². The van der Waals surface area contributed by atoms with E-state index in [1.165, 1.54) is 30.5 Å². The van der Waals surface area contributed by atoms with Crippen molar-refractivity contribution in [1.29, 1.82) is 0 Å². The molecule has 316 valence electrons. The second-order valence-corrected chi connectivity index (χ2v) is 18.2. The molecule has 0 saturated carbocycles.